The number of fused-ring (bicyclic) bond motifs is 1. The molecule has 2 aromatic rings. The second-order valence-electron chi connectivity index (χ2n) is 3.50. The monoisotopic (exact) mass is 232 g/mol. The van der Waals surface area contributed by atoms with Gasteiger partial charge in [0.2, 0.25) is 5.78 Å². The summed E-state index contributed by atoms with van der Waals surface area (Å²) in [7, 11) is 0. The molecule has 16 heavy (non-hydrogen) atoms. The molecule has 0 saturated carbocycles. The summed E-state index contributed by atoms with van der Waals surface area (Å²) in [5, 5.41) is 3.67. The minimum Gasteiger partial charge on any atom is -0.492 e. The number of aromatic nitrogens is 2. The highest BCUT2D eigenvalue weighted by molar-refractivity contribution is 7.08. The lowest BCUT2D eigenvalue weighted by Gasteiger charge is -2.04. The van der Waals surface area contributed by atoms with E-state index in [1.807, 2.05) is 12.1 Å². The van der Waals surface area contributed by atoms with Crippen LogP contribution in [0.5, 0.6) is 5.75 Å². The highest BCUT2D eigenvalue weighted by atomic mass is 32.1. The summed E-state index contributed by atoms with van der Waals surface area (Å²) in [4.78, 5) is 12.7. The Morgan fingerprint density at radius 3 is 3.19 bits per heavy atom. The quantitative estimate of drug-likeness (QED) is 0.739. The van der Waals surface area contributed by atoms with E-state index in [4.69, 9.17) is 4.74 Å². The highest BCUT2D eigenvalue weighted by Crippen LogP contribution is 2.31. The zero-order valence-electron chi connectivity index (χ0n) is 8.34. The molecular weight excluding hydrogens is 224 g/mol. The summed E-state index contributed by atoms with van der Waals surface area (Å²) in [5.74, 6) is 0.662. The molecule has 0 unspecified atom stereocenters. The molecule has 1 aromatic carbocycles. The molecular formula is C11H8N2O2S. The molecule has 0 N–H and O–H groups in total. The van der Waals surface area contributed by atoms with Crippen molar-refractivity contribution in [2.45, 2.75) is 6.42 Å². The second-order valence-corrected chi connectivity index (χ2v) is 4.29. The van der Waals surface area contributed by atoms with Crippen LogP contribution in [0.25, 0.3) is 0 Å². The third-order valence-corrected chi connectivity index (χ3v) is 3.21. The van der Waals surface area contributed by atoms with Crippen molar-refractivity contribution in [1.29, 1.82) is 0 Å². The van der Waals surface area contributed by atoms with Crippen molar-refractivity contribution in [3.63, 3.8) is 0 Å². The summed E-state index contributed by atoms with van der Waals surface area (Å²) < 4.78 is 9.18. The van der Waals surface area contributed by atoms with E-state index in [-0.39, 0.29) is 5.78 Å². The second kappa shape index (κ2) is 3.68. The first kappa shape index (κ1) is 9.47. The Bertz CT molecular complexity index is 537. The van der Waals surface area contributed by atoms with Crippen molar-refractivity contribution in [1.82, 2.24) is 9.59 Å². The molecule has 5 heteroatoms. The van der Waals surface area contributed by atoms with Crippen LogP contribution in [0.4, 0.5) is 0 Å². The summed E-state index contributed by atoms with van der Waals surface area (Å²) in [5.41, 5.74) is 1.71. The molecule has 0 radical (unpaired) electrons. The predicted molar refractivity (Wildman–Crippen MR) is 59.0 cm³/mol. The van der Waals surface area contributed by atoms with Gasteiger partial charge >= 0.3 is 0 Å². The summed E-state index contributed by atoms with van der Waals surface area (Å²) >= 11 is 1.11. The van der Waals surface area contributed by atoms with E-state index < -0.39 is 0 Å². The molecule has 3 rings (SSSR count). The molecule has 1 aromatic heterocycles. The molecule has 0 fully saturated rings. The van der Waals surface area contributed by atoms with Crippen LogP contribution in [0.1, 0.15) is 20.8 Å². The van der Waals surface area contributed by atoms with Crippen LogP contribution in [0, 0.1) is 0 Å². The van der Waals surface area contributed by atoms with Gasteiger partial charge in [-0.05, 0) is 23.2 Å². The minimum atomic E-state index is -0.0613. The Morgan fingerprint density at radius 2 is 2.38 bits per heavy atom. The van der Waals surface area contributed by atoms with Gasteiger partial charge in [0, 0.05) is 6.42 Å². The number of para-hydroxylation sites is 1. The van der Waals surface area contributed by atoms with Crippen LogP contribution < -0.4 is 4.74 Å². The number of benzene rings is 1. The average Bonchev–Trinajstić information content (AvgIpc) is 2.98. The first-order chi connectivity index (χ1) is 7.86. The number of nitrogens with zero attached hydrogens (tertiary/aromatic N) is 2. The molecule has 0 bridgehead atoms. The number of hydrogen-bond donors (Lipinski definition) is 0. The van der Waals surface area contributed by atoms with E-state index in [1.54, 1.807) is 6.07 Å². The fraction of sp³-hybridized carbons (Fsp3) is 0.182. The van der Waals surface area contributed by atoms with Crippen LogP contribution in [-0.4, -0.2) is 22.0 Å². The van der Waals surface area contributed by atoms with Crippen LogP contribution in [0.3, 0.4) is 0 Å². The molecule has 80 valence electrons. The normalized spacial score (nSPS) is 13.2. The van der Waals surface area contributed by atoms with Crippen LogP contribution in [-0.2, 0) is 6.42 Å². The number of hydrogen-bond acceptors (Lipinski definition) is 5. The van der Waals surface area contributed by atoms with E-state index in [0.29, 0.717) is 17.0 Å². The van der Waals surface area contributed by atoms with E-state index in [0.717, 1.165) is 29.3 Å². The van der Waals surface area contributed by atoms with Crippen LogP contribution in [0.15, 0.2) is 24.4 Å². The Kier molecular flexibility index (Phi) is 2.18. The first-order valence-corrected chi connectivity index (χ1v) is 5.70. The minimum absolute atomic E-state index is 0.0613. The van der Waals surface area contributed by atoms with Gasteiger partial charge in [0.25, 0.3) is 0 Å². The van der Waals surface area contributed by atoms with Gasteiger partial charge in [0.05, 0.1) is 18.4 Å². The number of ether oxygens (including phenoxy) is 1. The molecule has 4 nitrogen and oxygen atoms in total. The van der Waals surface area contributed by atoms with E-state index in [2.05, 4.69) is 9.59 Å². The zero-order valence-corrected chi connectivity index (χ0v) is 9.16. The molecule has 0 saturated heterocycles. The molecule has 0 spiro atoms. The van der Waals surface area contributed by atoms with Gasteiger partial charge in [0.15, 0.2) is 0 Å². The van der Waals surface area contributed by atoms with E-state index in [9.17, 15) is 4.79 Å². The Morgan fingerprint density at radius 1 is 1.44 bits per heavy atom. The number of carbonyl (C=O) groups excluding carboxylic acids is 1. The van der Waals surface area contributed by atoms with Gasteiger partial charge in [-0.15, -0.1) is 5.10 Å². The molecule has 0 amide bonds. The lowest BCUT2D eigenvalue weighted by Crippen LogP contribution is -2.01. The summed E-state index contributed by atoms with van der Waals surface area (Å²) in [6.45, 7) is 0.653. The van der Waals surface area contributed by atoms with Gasteiger partial charge in [-0.1, -0.05) is 16.6 Å². The molecule has 0 aliphatic carbocycles. The Balaban J connectivity index is 2.08. The lowest BCUT2D eigenvalue weighted by atomic mass is 10.0. The predicted octanol–water partition coefficient (Wildman–Crippen LogP) is 1.70. The maximum Gasteiger partial charge on any atom is 0.209 e. The molecule has 1 aliphatic heterocycles. The summed E-state index contributed by atoms with van der Waals surface area (Å²) in [6.07, 6.45) is 2.36. The van der Waals surface area contributed by atoms with Crippen LogP contribution in [0.2, 0.25) is 0 Å². The molecule has 2 heterocycles. The van der Waals surface area contributed by atoms with Gasteiger partial charge in [0.1, 0.15) is 10.6 Å². The largest absolute Gasteiger partial charge is 0.492 e. The third-order valence-electron chi connectivity index (χ3n) is 2.54. The van der Waals surface area contributed by atoms with Crippen molar-refractivity contribution >= 4 is 17.3 Å². The Labute approximate surface area is 96.0 Å². The van der Waals surface area contributed by atoms with Gasteiger partial charge in [-0.2, -0.15) is 0 Å². The average molecular weight is 232 g/mol. The number of carbonyl (C=O) groups is 1. The lowest BCUT2D eigenvalue weighted by molar-refractivity contribution is 0.103. The van der Waals surface area contributed by atoms with Crippen LogP contribution >= 0.6 is 11.5 Å². The zero-order chi connectivity index (χ0) is 11.0. The maximum atomic E-state index is 12.1. The van der Waals surface area contributed by atoms with Gasteiger partial charge in [-0.3, -0.25) is 4.79 Å². The van der Waals surface area contributed by atoms with Crippen molar-refractivity contribution in [3.8, 4) is 5.75 Å². The molecule has 0 atom stereocenters. The number of rotatable bonds is 2. The molecule has 1 aliphatic rings. The van der Waals surface area contributed by atoms with Crippen molar-refractivity contribution in [3.05, 3.63) is 40.4 Å². The van der Waals surface area contributed by atoms with Gasteiger partial charge < -0.3 is 4.74 Å². The highest BCUT2D eigenvalue weighted by Gasteiger charge is 2.22. The van der Waals surface area contributed by atoms with E-state index in [1.165, 1.54) is 6.20 Å². The maximum absolute atomic E-state index is 12.1. The smallest absolute Gasteiger partial charge is 0.209 e. The Hall–Kier alpha value is -1.75. The SMILES string of the molecule is O=C(c1cnns1)c1cccc2c1OCC2. The topological polar surface area (TPSA) is 52.1 Å². The first-order valence-electron chi connectivity index (χ1n) is 4.93. The van der Waals surface area contributed by atoms with Crippen molar-refractivity contribution < 1.29 is 9.53 Å². The van der Waals surface area contributed by atoms with Crippen molar-refractivity contribution in [2.75, 3.05) is 6.61 Å². The van der Waals surface area contributed by atoms with Gasteiger partial charge in [-0.25, -0.2) is 0 Å². The fourth-order valence-electron chi connectivity index (χ4n) is 1.79. The third kappa shape index (κ3) is 1.40. The number of ketones is 1. The fourth-order valence-corrected chi connectivity index (χ4v) is 2.26. The summed E-state index contributed by atoms with van der Waals surface area (Å²) in [6, 6.07) is 5.66. The standard InChI is InChI=1S/C11H8N2O2S/c14-10(9-6-12-13-16-9)8-3-1-2-7-4-5-15-11(7)8/h1-3,6H,4-5H2. The van der Waals surface area contributed by atoms with E-state index >= 15 is 0 Å². The van der Waals surface area contributed by atoms with Crippen molar-refractivity contribution in [2.24, 2.45) is 0 Å².